The number of hydrogen-bond donors (Lipinski definition) is 2. The molecule has 0 aliphatic carbocycles. The lowest BCUT2D eigenvalue weighted by molar-refractivity contribution is -0.384. The number of rotatable bonds is 5. The summed E-state index contributed by atoms with van der Waals surface area (Å²) in [5.41, 5.74) is 1.75. The van der Waals surface area contributed by atoms with Crippen LogP contribution >= 0.6 is 0 Å². The maximum atomic E-state index is 13.7. The summed E-state index contributed by atoms with van der Waals surface area (Å²) in [6, 6.07) is 5.84. The first-order valence-corrected chi connectivity index (χ1v) is 8.21. The minimum absolute atomic E-state index is 0.00212. The Morgan fingerprint density at radius 2 is 1.92 bits per heavy atom. The molecule has 0 heterocycles. The van der Waals surface area contributed by atoms with Crippen molar-refractivity contribution >= 4 is 27.1 Å². The fraction of sp³-hybridized carbons (Fsp3) is 0.0714. The Labute approximate surface area is 141 Å². The van der Waals surface area contributed by atoms with E-state index in [9.17, 15) is 27.3 Å². The maximum absolute atomic E-state index is 13.7. The molecule has 0 aliphatic heterocycles. The number of anilines is 1. The van der Waals surface area contributed by atoms with E-state index in [1.807, 2.05) is 0 Å². The number of nitro groups is 1. The van der Waals surface area contributed by atoms with Crippen molar-refractivity contribution in [2.24, 2.45) is 10.2 Å². The van der Waals surface area contributed by atoms with E-state index in [1.165, 1.54) is 13.0 Å². The first kappa shape index (κ1) is 18.4. The third-order valence-corrected chi connectivity index (χ3v) is 4.07. The van der Waals surface area contributed by atoms with E-state index in [2.05, 4.69) is 10.5 Å². The summed E-state index contributed by atoms with van der Waals surface area (Å²) in [7, 11) is -4.11. The van der Waals surface area contributed by atoms with E-state index in [4.69, 9.17) is 5.14 Å². The molecule has 0 aromatic heterocycles. The minimum Gasteiger partial charge on any atom is -0.271 e. The molecular weight excluding hydrogens is 358 g/mol. The fourth-order valence-electron chi connectivity index (χ4n) is 1.92. The van der Waals surface area contributed by atoms with Crippen LogP contribution in [0.4, 0.5) is 20.2 Å². The largest absolute Gasteiger partial charge is 0.295 e. The van der Waals surface area contributed by atoms with Crippen molar-refractivity contribution in [2.45, 2.75) is 11.8 Å². The summed E-state index contributed by atoms with van der Waals surface area (Å²) in [4.78, 5) is 9.83. The van der Waals surface area contributed by atoms with Gasteiger partial charge in [-0.25, -0.2) is 22.3 Å². The number of halogens is 2. The Balaban J connectivity index is 2.38. The van der Waals surface area contributed by atoms with E-state index >= 15 is 0 Å². The van der Waals surface area contributed by atoms with Gasteiger partial charge in [-0.3, -0.25) is 15.5 Å². The van der Waals surface area contributed by atoms with Crippen LogP contribution in [0, 0.1) is 21.7 Å². The van der Waals surface area contributed by atoms with Gasteiger partial charge in [-0.05, 0) is 31.2 Å². The minimum atomic E-state index is -4.11. The van der Waals surface area contributed by atoms with Crippen molar-refractivity contribution in [3.8, 4) is 0 Å². The van der Waals surface area contributed by atoms with E-state index in [-0.39, 0.29) is 17.0 Å². The molecule has 8 nitrogen and oxygen atoms in total. The van der Waals surface area contributed by atoms with Crippen molar-refractivity contribution in [1.82, 2.24) is 0 Å². The van der Waals surface area contributed by atoms with Crippen molar-refractivity contribution in [3.63, 3.8) is 0 Å². The number of nitrogens with zero attached hydrogens (tertiary/aromatic N) is 2. The Morgan fingerprint density at radius 3 is 2.48 bits per heavy atom. The fourth-order valence-corrected chi connectivity index (χ4v) is 2.45. The molecule has 0 fully saturated rings. The predicted molar refractivity (Wildman–Crippen MR) is 86.7 cm³/mol. The topological polar surface area (TPSA) is 128 Å². The van der Waals surface area contributed by atoms with Crippen LogP contribution in [-0.2, 0) is 10.0 Å². The van der Waals surface area contributed by atoms with Crippen LogP contribution in [0.3, 0.4) is 0 Å². The van der Waals surface area contributed by atoms with E-state index in [0.29, 0.717) is 6.07 Å². The second kappa shape index (κ2) is 6.91. The zero-order chi connectivity index (χ0) is 18.8. The lowest BCUT2D eigenvalue weighted by Gasteiger charge is -2.07. The van der Waals surface area contributed by atoms with Crippen LogP contribution < -0.4 is 10.6 Å². The molecule has 3 N–H and O–H groups in total. The molecule has 0 bridgehead atoms. The van der Waals surface area contributed by atoms with Crippen LogP contribution in [0.5, 0.6) is 0 Å². The lowest BCUT2D eigenvalue weighted by Crippen LogP contribution is -2.12. The van der Waals surface area contributed by atoms with Crippen LogP contribution in [-0.4, -0.2) is 19.1 Å². The molecule has 0 radical (unpaired) electrons. The van der Waals surface area contributed by atoms with Gasteiger partial charge in [0.15, 0.2) is 0 Å². The number of nitrogens with two attached hydrogens (primary N) is 1. The van der Waals surface area contributed by atoms with Gasteiger partial charge in [0.25, 0.3) is 5.69 Å². The number of sulfonamides is 1. The van der Waals surface area contributed by atoms with Gasteiger partial charge in [0.05, 0.1) is 15.5 Å². The molecule has 0 spiro atoms. The van der Waals surface area contributed by atoms with Crippen LogP contribution in [0.1, 0.15) is 12.5 Å². The first-order valence-electron chi connectivity index (χ1n) is 6.66. The van der Waals surface area contributed by atoms with Gasteiger partial charge in [0.1, 0.15) is 17.3 Å². The average Bonchev–Trinajstić information content (AvgIpc) is 2.51. The highest BCUT2D eigenvalue weighted by atomic mass is 32.2. The Kier molecular flexibility index (Phi) is 5.09. The molecule has 0 amide bonds. The van der Waals surface area contributed by atoms with Gasteiger partial charge < -0.3 is 0 Å². The quantitative estimate of drug-likeness (QED) is 0.474. The van der Waals surface area contributed by atoms with Crippen LogP contribution in [0.2, 0.25) is 0 Å². The third kappa shape index (κ3) is 4.33. The Bertz CT molecular complexity index is 977. The summed E-state index contributed by atoms with van der Waals surface area (Å²) in [5, 5.41) is 19.8. The van der Waals surface area contributed by atoms with Gasteiger partial charge >= 0.3 is 0 Å². The molecular formula is C14H12F2N4O4S. The number of benzene rings is 2. The van der Waals surface area contributed by atoms with E-state index in [1.54, 1.807) is 0 Å². The normalized spacial score (nSPS) is 12.1. The lowest BCUT2D eigenvalue weighted by atomic mass is 10.1. The Hall–Kier alpha value is -2.92. The molecule has 0 atom stereocenters. The number of nitrogens with one attached hydrogen (secondary N) is 1. The van der Waals surface area contributed by atoms with E-state index < -0.39 is 37.2 Å². The molecule has 0 aliphatic rings. The summed E-state index contributed by atoms with van der Waals surface area (Å²) < 4.78 is 49.1. The van der Waals surface area contributed by atoms with Crippen molar-refractivity contribution < 1.29 is 22.1 Å². The molecule has 11 heteroatoms. The third-order valence-electron chi connectivity index (χ3n) is 3.16. The molecule has 2 aromatic rings. The molecule has 2 aromatic carbocycles. The van der Waals surface area contributed by atoms with Gasteiger partial charge in [-0.2, -0.15) is 5.10 Å². The first-order chi connectivity index (χ1) is 11.6. The summed E-state index contributed by atoms with van der Waals surface area (Å²) >= 11 is 0. The summed E-state index contributed by atoms with van der Waals surface area (Å²) in [5.74, 6) is -1.60. The molecule has 0 saturated heterocycles. The highest BCUT2D eigenvalue weighted by molar-refractivity contribution is 7.89. The molecule has 132 valence electrons. The number of hydrazone groups is 1. The predicted octanol–water partition coefficient (Wildman–Crippen LogP) is 2.36. The number of hydrogen-bond acceptors (Lipinski definition) is 6. The SMILES string of the molecule is C/C(=N/Nc1ccc(S(N)(=O)=O)cc1[N+](=O)[O-])c1ccc(F)cc1F. The Morgan fingerprint density at radius 1 is 1.24 bits per heavy atom. The molecule has 0 saturated carbocycles. The second-order valence-electron chi connectivity index (χ2n) is 4.91. The van der Waals surface area contributed by atoms with E-state index in [0.717, 1.165) is 24.3 Å². The highest BCUT2D eigenvalue weighted by Crippen LogP contribution is 2.27. The van der Waals surface area contributed by atoms with Crippen molar-refractivity contribution in [1.29, 1.82) is 0 Å². The summed E-state index contributed by atoms with van der Waals surface area (Å²) in [6.45, 7) is 1.41. The molecule has 25 heavy (non-hydrogen) atoms. The monoisotopic (exact) mass is 370 g/mol. The van der Waals surface area contributed by atoms with Gasteiger partial charge in [-0.1, -0.05) is 0 Å². The number of nitro benzene ring substituents is 1. The molecule has 0 unspecified atom stereocenters. The number of primary sulfonamides is 1. The highest BCUT2D eigenvalue weighted by Gasteiger charge is 2.19. The average molecular weight is 370 g/mol. The van der Waals surface area contributed by atoms with Gasteiger partial charge in [-0.15, -0.1) is 0 Å². The van der Waals surface area contributed by atoms with Crippen LogP contribution in [0.15, 0.2) is 46.4 Å². The second-order valence-corrected chi connectivity index (χ2v) is 6.48. The van der Waals surface area contributed by atoms with Gasteiger partial charge in [0, 0.05) is 17.7 Å². The van der Waals surface area contributed by atoms with Crippen molar-refractivity contribution in [3.05, 3.63) is 63.7 Å². The zero-order valence-electron chi connectivity index (χ0n) is 12.7. The smallest absolute Gasteiger partial charge is 0.271 e. The van der Waals surface area contributed by atoms with Gasteiger partial charge in [0.2, 0.25) is 10.0 Å². The summed E-state index contributed by atoms with van der Waals surface area (Å²) in [6.07, 6.45) is 0. The van der Waals surface area contributed by atoms with Crippen LogP contribution in [0.25, 0.3) is 0 Å². The zero-order valence-corrected chi connectivity index (χ0v) is 13.5. The maximum Gasteiger partial charge on any atom is 0.295 e. The molecule has 2 rings (SSSR count). The standard InChI is InChI=1S/C14H12F2N4O4S/c1-8(11-4-2-9(15)6-12(11)16)18-19-13-5-3-10(25(17,23)24)7-14(13)20(21)22/h2-7,19H,1H3,(H2,17,23,24)/b18-8-. The van der Waals surface area contributed by atoms with Crippen molar-refractivity contribution in [2.75, 3.05) is 5.43 Å².